The number of aromatic hydroxyl groups is 1. The number of aliphatic hydroxyl groups is 1. The quantitative estimate of drug-likeness (QED) is 0.0216. The number of nitrogens with two attached hydrogens (primary N) is 1. The van der Waals surface area contributed by atoms with Crippen LogP contribution in [-0.2, 0) is 21.5 Å². The van der Waals surface area contributed by atoms with Gasteiger partial charge in [0, 0.05) is 47.0 Å². The van der Waals surface area contributed by atoms with E-state index in [4.69, 9.17) is 10.5 Å². The number of phenolic OH excluding ortho intramolecular Hbond substituents is 1. The van der Waals surface area contributed by atoms with Gasteiger partial charge >= 0.3 is 6.08 Å². The van der Waals surface area contributed by atoms with Gasteiger partial charge in [-0.3, -0.25) is 4.55 Å². The summed E-state index contributed by atoms with van der Waals surface area (Å²) < 4.78 is 39.7. The Balaban J connectivity index is 1.04. The van der Waals surface area contributed by atoms with Gasteiger partial charge < -0.3 is 20.7 Å². The molecule has 0 atom stereocenters. The van der Waals surface area contributed by atoms with Crippen molar-refractivity contribution >= 4 is 89.5 Å². The van der Waals surface area contributed by atoms with Crippen molar-refractivity contribution in [2.24, 2.45) is 40.9 Å². The summed E-state index contributed by atoms with van der Waals surface area (Å²) in [7, 11) is -3.01. The van der Waals surface area contributed by atoms with E-state index in [9.17, 15) is 28.0 Å². The number of nitrogen functional groups attached to an aromatic ring is 1. The topological polar surface area (TPSA) is 249 Å². The summed E-state index contributed by atoms with van der Waals surface area (Å²) in [6, 6.07) is 34.5. The van der Waals surface area contributed by atoms with Gasteiger partial charge in [-0.1, -0.05) is 22.8 Å². The van der Waals surface area contributed by atoms with Crippen molar-refractivity contribution in [3.8, 4) is 11.5 Å². The molecule has 0 radical (unpaired) electrons. The molecule has 7 aromatic carbocycles. The first-order valence-corrected chi connectivity index (χ1v) is 20.3. The number of isocyanates is 1. The zero-order valence-electron chi connectivity index (χ0n) is 33.8. The van der Waals surface area contributed by atoms with E-state index in [-0.39, 0.29) is 34.3 Å². The minimum Gasteiger partial charge on any atom is -0.505 e. The third kappa shape index (κ3) is 9.91. The van der Waals surface area contributed by atoms with Gasteiger partial charge in [-0.2, -0.15) is 38.8 Å². The molecular formula is C45H37N10O7S+. The van der Waals surface area contributed by atoms with Gasteiger partial charge in [0.2, 0.25) is 11.4 Å². The molecule has 0 aromatic heterocycles. The fourth-order valence-electron chi connectivity index (χ4n) is 6.27. The summed E-state index contributed by atoms with van der Waals surface area (Å²) in [6.07, 6.45) is 1.93. The highest BCUT2D eigenvalue weighted by atomic mass is 32.2. The number of azo groups is 4. The van der Waals surface area contributed by atoms with Gasteiger partial charge in [0.25, 0.3) is 10.1 Å². The average molecular weight is 862 g/mol. The molecule has 0 saturated heterocycles. The second kappa shape index (κ2) is 18.6. The lowest BCUT2D eigenvalue weighted by molar-refractivity contribution is 0.282. The molecule has 0 unspecified atom stereocenters. The Morgan fingerprint density at radius 3 is 1.83 bits per heavy atom. The van der Waals surface area contributed by atoms with Gasteiger partial charge in [0.1, 0.15) is 27.7 Å². The number of ether oxygens (including phenoxy) is 1. The summed E-state index contributed by atoms with van der Waals surface area (Å²) in [6.45, 7) is 3.26. The van der Waals surface area contributed by atoms with Crippen LogP contribution in [-0.4, -0.2) is 36.4 Å². The Morgan fingerprint density at radius 1 is 0.635 bits per heavy atom. The largest absolute Gasteiger partial charge is 0.505 e. The van der Waals surface area contributed by atoms with Crippen LogP contribution in [0.5, 0.6) is 11.5 Å². The second-order valence-electron chi connectivity index (χ2n) is 13.9. The van der Waals surface area contributed by atoms with Crippen molar-refractivity contribution in [2.45, 2.75) is 25.3 Å². The van der Waals surface area contributed by atoms with Crippen molar-refractivity contribution in [3.63, 3.8) is 0 Å². The van der Waals surface area contributed by atoms with E-state index in [0.29, 0.717) is 73.1 Å². The second-order valence-corrected chi connectivity index (χ2v) is 15.2. The molecule has 0 heterocycles. The van der Waals surface area contributed by atoms with Crippen molar-refractivity contribution in [3.05, 3.63) is 144 Å². The third-order valence-electron chi connectivity index (χ3n) is 9.59. The number of rotatable bonds is 13. The van der Waals surface area contributed by atoms with Crippen molar-refractivity contribution < 1.29 is 32.7 Å². The molecule has 18 heteroatoms. The van der Waals surface area contributed by atoms with Crippen molar-refractivity contribution in [1.29, 1.82) is 0 Å². The smallest absolute Gasteiger partial charge is 0.437 e. The normalized spacial score (nSPS) is 12.0. The number of hydrogen-bond donors (Lipinski definition) is 4. The predicted octanol–water partition coefficient (Wildman–Crippen LogP) is 12.3. The molecule has 7 rings (SSSR count). The fraction of sp³-hybridized carbons (Fsp3) is 0.0889. The van der Waals surface area contributed by atoms with Gasteiger partial charge in [-0.15, -0.1) is 15.3 Å². The molecule has 7 aromatic rings. The molecule has 0 bridgehead atoms. The third-order valence-corrected chi connectivity index (χ3v) is 10.5. The predicted molar refractivity (Wildman–Crippen MR) is 238 cm³/mol. The lowest BCUT2D eigenvalue weighted by Gasteiger charge is -2.09. The number of fused-ring (bicyclic) bond motifs is 1. The molecule has 0 spiro atoms. The molecule has 0 amide bonds. The molecule has 314 valence electrons. The summed E-state index contributed by atoms with van der Waals surface area (Å²) >= 11 is 0. The molecule has 0 saturated carbocycles. The Morgan fingerprint density at radius 2 is 1.21 bits per heavy atom. The maximum Gasteiger partial charge on any atom is 0.437 e. The van der Waals surface area contributed by atoms with E-state index in [2.05, 4.69) is 40.9 Å². The van der Waals surface area contributed by atoms with Crippen LogP contribution < -0.4 is 15.0 Å². The maximum atomic E-state index is 11.9. The lowest BCUT2D eigenvalue weighted by Crippen LogP contribution is -2.01. The molecule has 0 aliphatic heterocycles. The Labute approximate surface area is 360 Å². The number of aryl methyl sites for hydroxylation is 2. The van der Waals surface area contributed by atoms with Crippen LogP contribution in [0.2, 0.25) is 0 Å². The number of aliphatic hydroxyl groups excluding tert-OH is 1. The number of nitrogens with zero attached hydrogens (tertiary/aromatic N) is 9. The maximum absolute atomic E-state index is 11.9. The summed E-state index contributed by atoms with van der Waals surface area (Å²) in [5.41, 5.74) is 12.3. The highest BCUT2D eigenvalue weighted by Crippen LogP contribution is 2.41. The van der Waals surface area contributed by atoms with Crippen LogP contribution in [0.25, 0.3) is 10.8 Å². The fourth-order valence-corrected chi connectivity index (χ4v) is 6.90. The van der Waals surface area contributed by atoms with Crippen LogP contribution in [0.1, 0.15) is 16.7 Å². The minimum atomic E-state index is -4.47. The lowest BCUT2D eigenvalue weighted by atomic mass is 10.1. The van der Waals surface area contributed by atoms with E-state index < -0.39 is 10.1 Å². The first-order valence-electron chi connectivity index (χ1n) is 18.9. The number of carbonyl (C=O) groups excluding carboxylic acids is 1. The average Bonchev–Trinajstić information content (AvgIpc) is 3.28. The van der Waals surface area contributed by atoms with E-state index in [0.717, 1.165) is 5.56 Å². The molecule has 17 nitrogen and oxygen atoms in total. The zero-order valence-corrected chi connectivity index (χ0v) is 34.6. The van der Waals surface area contributed by atoms with E-state index in [1.54, 1.807) is 116 Å². The van der Waals surface area contributed by atoms with E-state index in [1.807, 2.05) is 13.0 Å². The van der Waals surface area contributed by atoms with Crippen LogP contribution in [0, 0.1) is 13.8 Å². The Hall–Kier alpha value is -8.15. The van der Waals surface area contributed by atoms with Gasteiger partial charge in [0.05, 0.1) is 42.2 Å². The highest BCUT2D eigenvalue weighted by molar-refractivity contribution is 7.86. The van der Waals surface area contributed by atoms with Crippen LogP contribution in [0.3, 0.4) is 0 Å². The van der Waals surface area contributed by atoms with Crippen LogP contribution >= 0.6 is 0 Å². The standard InChI is InChI=1S/C45H36N10O7S/c1-27-20-33(11-18-37(27)49-47-32-12-19-38(28(2)21-32)50-51-39-6-4-5-7-44(39)63(59,60)61)48-53-41-24-43(62-3)42(23-30(41)25-56)54-52-40-17-8-29-22-35(15-16-36(29)45(40)58)55(26-57)34-13-9-31(46)10-14-34/h4-24,56H,25,46H2,1-3H3,(H-,47,48,51,54,58,59,60,61)/p+1. The zero-order chi connectivity index (χ0) is 44.7. The summed E-state index contributed by atoms with van der Waals surface area (Å²) in [5, 5.41) is 56.7. The number of anilines is 1. The number of phenols is 1. The van der Waals surface area contributed by atoms with E-state index in [1.165, 1.54) is 29.9 Å². The van der Waals surface area contributed by atoms with Crippen molar-refractivity contribution in [2.75, 3.05) is 12.8 Å². The minimum absolute atomic E-state index is 0.00483. The summed E-state index contributed by atoms with van der Waals surface area (Å²) in [5.74, 6) is 0.171. The SMILES string of the molecule is COc1cc(N=Nc2ccc(N=Nc3ccc(N=Nc4ccccc4S(=O)(=O)O)c(C)c3)c(C)c2)c(CO)cc1N=Nc1ccc2cc([N+](=C=O)c3ccc(N)cc3)ccc2c1O. The first-order chi connectivity index (χ1) is 30.3. The molecule has 0 aliphatic carbocycles. The number of methoxy groups -OCH3 is 1. The van der Waals surface area contributed by atoms with Crippen LogP contribution in [0.15, 0.2) is 173 Å². The van der Waals surface area contributed by atoms with E-state index >= 15 is 0 Å². The molecule has 0 aliphatic rings. The molecule has 0 fully saturated rings. The van der Waals surface area contributed by atoms with Crippen LogP contribution in [0.4, 0.5) is 62.6 Å². The summed E-state index contributed by atoms with van der Waals surface area (Å²) in [4.78, 5) is 11.5. The number of benzene rings is 7. The first kappa shape index (κ1) is 43.0. The van der Waals surface area contributed by atoms with Crippen molar-refractivity contribution in [1.82, 2.24) is 4.58 Å². The Bertz CT molecular complexity index is 3180. The van der Waals surface area contributed by atoms with Gasteiger partial charge in [0.15, 0.2) is 5.75 Å². The van der Waals surface area contributed by atoms with Gasteiger partial charge in [-0.25, -0.2) is 0 Å². The Kier molecular flexibility index (Phi) is 12.7. The monoisotopic (exact) mass is 861 g/mol. The molecule has 5 N–H and O–H groups in total. The number of hydrogen-bond acceptors (Lipinski definition) is 15. The van der Waals surface area contributed by atoms with Gasteiger partial charge in [-0.05, 0) is 109 Å². The molecular weight excluding hydrogens is 825 g/mol. The molecule has 63 heavy (non-hydrogen) atoms. The highest BCUT2D eigenvalue weighted by Gasteiger charge is 2.18.